The number of benzene rings is 1. The summed E-state index contributed by atoms with van der Waals surface area (Å²) in [6, 6.07) is 9.25. The first kappa shape index (κ1) is 14.6. The lowest BCUT2D eigenvalue weighted by atomic mass is 9.98. The van der Waals surface area contributed by atoms with Gasteiger partial charge in [-0.2, -0.15) is 0 Å². The van der Waals surface area contributed by atoms with Crippen LogP contribution < -0.4 is 5.32 Å². The molecular formula is C19H27NO. The zero-order valence-electron chi connectivity index (χ0n) is 13.5. The number of hydrogen-bond acceptors (Lipinski definition) is 2. The van der Waals surface area contributed by atoms with Crippen LogP contribution in [0.25, 0.3) is 11.0 Å². The molecule has 0 amide bonds. The van der Waals surface area contributed by atoms with E-state index in [-0.39, 0.29) is 6.04 Å². The lowest BCUT2D eigenvalue weighted by Gasteiger charge is -2.24. The number of rotatable bonds is 5. The van der Waals surface area contributed by atoms with Crippen molar-refractivity contribution in [3.8, 4) is 0 Å². The van der Waals surface area contributed by atoms with Gasteiger partial charge in [0.05, 0.1) is 6.04 Å². The highest BCUT2D eigenvalue weighted by Crippen LogP contribution is 2.32. The van der Waals surface area contributed by atoms with E-state index in [0.29, 0.717) is 6.04 Å². The zero-order chi connectivity index (χ0) is 14.8. The largest absolute Gasteiger partial charge is 0.459 e. The van der Waals surface area contributed by atoms with Crippen LogP contribution in [0.5, 0.6) is 0 Å². The summed E-state index contributed by atoms with van der Waals surface area (Å²) in [6.07, 6.45) is 6.57. The fourth-order valence-electron chi connectivity index (χ4n) is 3.90. The van der Waals surface area contributed by atoms with Crippen molar-refractivity contribution in [1.82, 2.24) is 5.32 Å². The van der Waals surface area contributed by atoms with Crippen molar-refractivity contribution < 1.29 is 4.42 Å². The van der Waals surface area contributed by atoms with Crippen LogP contribution in [0.15, 0.2) is 28.7 Å². The molecule has 21 heavy (non-hydrogen) atoms. The minimum Gasteiger partial charge on any atom is -0.459 e. The molecule has 0 spiro atoms. The average molecular weight is 285 g/mol. The molecule has 2 nitrogen and oxygen atoms in total. The molecule has 1 aromatic carbocycles. The maximum atomic E-state index is 6.15. The highest BCUT2D eigenvalue weighted by atomic mass is 16.3. The number of aryl methyl sites for hydroxylation is 1. The lowest BCUT2D eigenvalue weighted by molar-refractivity contribution is 0.329. The Morgan fingerprint density at radius 1 is 1.19 bits per heavy atom. The summed E-state index contributed by atoms with van der Waals surface area (Å²) >= 11 is 0. The summed E-state index contributed by atoms with van der Waals surface area (Å²) in [7, 11) is 0. The third-order valence-electron chi connectivity index (χ3n) is 5.10. The second kappa shape index (κ2) is 6.23. The molecule has 3 rings (SSSR count). The van der Waals surface area contributed by atoms with Crippen molar-refractivity contribution in [3.63, 3.8) is 0 Å². The van der Waals surface area contributed by atoms with Crippen molar-refractivity contribution in [3.05, 3.63) is 35.6 Å². The molecule has 0 radical (unpaired) electrons. The molecule has 0 saturated heterocycles. The first-order valence-corrected chi connectivity index (χ1v) is 8.47. The van der Waals surface area contributed by atoms with Gasteiger partial charge in [-0.25, -0.2) is 0 Å². The van der Waals surface area contributed by atoms with Crippen molar-refractivity contribution in [1.29, 1.82) is 0 Å². The molecule has 1 unspecified atom stereocenters. The Balaban J connectivity index is 1.81. The lowest BCUT2D eigenvalue weighted by Crippen LogP contribution is -2.34. The first-order valence-electron chi connectivity index (χ1n) is 8.47. The molecule has 0 bridgehead atoms. The van der Waals surface area contributed by atoms with E-state index in [4.69, 9.17) is 4.42 Å². The highest BCUT2D eigenvalue weighted by molar-refractivity contribution is 5.82. The van der Waals surface area contributed by atoms with Crippen LogP contribution >= 0.6 is 0 Å². The molecule has 1 aliphatic carbocycles. The zero-order valence-corrected chi connectivity index (χ0v) is 13.5. The molecule has 1 heterocycles. The molecule has 1 aliphatic rings. The fourth-order valence-corrected chi connectivity index (χ4v) is 3.90. The monoisotopic (exact) mass is 285 g/mol. The molecule has 2 aromatic rings. The second-order valence-electron chi connectivity index (χ2n) is 6.52. The Hall–Kier alpha value is -1.28. The maximum absolute atomic E-state index is 6.15. The number of fused-ring (bicyclic) bond motifs is 1. The fraction of sp³-hybridized carbons (Fsp3) is 0.579. The molecule has 2 heteroatoms. The van der Waals surface area contributed by atoms with Gasteiger partial charge in [-0.3, -0.25) is 0 Å². The van der Waals surface area contributed by atoms with Crippen LogP contribution in [0.3, 0.4) is 0 Å². The third-order valence-corrected chi connectivity index (χ3v) is 5.10. The van der Waals surface area contributed by atoms with E-state index in [9.17, 15) is 0 Å². The highest BCUT2D eigenvalue weighted by Gasteiger charge is 2.25. The van der Waals surface area contributed by atoms with Crippen molar-refractivity contribution in [2.75, 3.05) is 0 Å². The average Bonchev–Trinajstić information content (AvgIpc) is 3.14. The Morgan fingerprint density at radius 2 is 1.90 bits per heavy atom. The summed E-state index contributed by atoms with van der Waals surface area (Å²) < 4.78 is 6.15. The van der Waals surface area contributed by atoms with Gasteiger partial charge >= 0.3 is 0 Å². The van der Waals surface area contributed by atoms with E-state index in [2.05, 4.69) is 44.3 Å². The normalized spacial score (nSPS) is 19.2. The molecule has 1 aromatic heterocycles. The summed E-state index contributed by atoms with van der Waals surface area (Å²) in [6.45, 7) is 6.79. The number of para-hydroxylation sites is 1. The maximum Gasteiger partial charge on any atom is 0.134 e. The predicted octanol–water partition coefficient (Wildman–Crippen LogP) is 5.22. The molecule has 0 aliphatic heterocycles. The van der Waals surface area contributed by atoms with E-state index in [1.54, 1.807) is 0 Å². The Bertz CT molecular complexity index is 595. The number of furan rings is 1. The van der Waals surface area contributed by atoms with Crippen LogP contribution in [-0.2, 0) is 6.42 Å². The van der Waals surface area contributed by atoms with Crippen LogP contribution in [0.4, 0.5) is 0 Å². The Labute approximate surface area is 127 Å². The Kier molecular flexibility index (Phi) is 4.34. The van der Waals surface area contributed by atoms with Gasteiger partial charge in [-0.05, 0) is 45.1 Å². The van der Waals surface area contributed by atoms with Crippen molar-refractivity contribution in [2.45, 2.75) is 65.0 Å². The van der Waals surface area contributed by atoms with E-state index >= 15 is 0 Å². The molecule has 1 N–H and O–H groups in total. The minimum atomic E-state index is 0.281. The van der Waals surface area contributed by atoms with Gasteiger partial charge in [0.1, 0.15) is 11.3 Å². The topological polar surface area (TPSA) is 25.2 Å². The third kappa shape index (κ3) is 2.87. The van der Waals surface area contributed by atoms with Gasteiger partial charge in [-0.1, -0.05) is 38.0 Å². The van der Waals surface area contributed by atoms with Gasteiger partial charge in [-0.15, -0.1) is 0 Å². The summed E-state index contributed by atoms with van der Waals surface area (Å²) in [5, 5.41) is 5.06. The van der Waals surface area contributed by atoms with Crippen LogP contribution in [0, 0.1) is 5.92 Å². The van der Waals surface area contributed by atoms with Gasteiger partial charge in [0.15, 0.2) is 0 Å². The molecule has 114 valence electrons. The Morgan fingerprint density at radius 3 is 2.62 bits per heavy atom. The van der Waals surface area contributed by atoms with Gasteiger partial charge in [0.2, 0.25) is 0 Å². The smallest absolute Gasteiger partial charge is 0.134 e. The summed E-state index contributed by atoms with van der Waals surface area (Å²) in [4.78, 5) is 0. The van der Waals surface area contributed by atoms with Crippen LogP contribution in [-0.4, -0.2) is 6.04 Å². The minimum absolute atomic E-state index is 0.281. The molecule has 1 fully saturated rings. The quantitative estimate of drug-likeness (QED) is 0.814. The van der Waals surface area contributed by atoms with Crippen molar-refractivity contribution in [2.24, 2.45) is 5.92 Å². The second-order valence-corrected chi connectivity index (χ2v) is 6.52. The summed E-state index contributed by atoms with van der Waals surface area (Å²) in [5.41, 5.74) is 2.38. The summed E-state index contributed by atoms with van der Waals surface area (Å²) in [5.74, 6) is 1.96. The molecular weight excluding hydrogens is 258 g/mol. The number of hydrogen-bond donors (Lipinski definition) is 1. The molecule has 2 atom stereocenters. The SMILES string of the molecule is CCc1c(C(C)N[C@H](C)C2CCCC2)oc2ccccc12. The number of nitrogens with one attached hydrogen (secondary N) is 1. The standard InChI is InChI=1S/C19H27NO/c1-4-16-17-11-7-8-12-18(17)21-19(16)14(3)20-13(2)15-9-5-6-10-15/h7-8,11-15,20H,4-6,9-10H2,1-3H3/t13-,14?/m1/s1. The predicted molar refractivity (Wildman–Crippen MR) is 88.6 cm³/mol. The van der Waals surface area contributed by atoms with Gasteiger partial charge < -0.3 is 9.73 Å². The van der Waals surface area contributed by atoms with E-state index in [1.807, 2.05) is 6.07 Å². The van der Waals surface area contributed by atoms with E-state index < -0.39 is 0 Å². The van der Waals surface area contributed by atoms with Crippen LogP contribution in [0.1, 0.15) is 63.8 Å². The van der Waals surface area contributed by atoms with Crippen molar-refractivity contribution >= 4 is 11.0 Å². The van der Waals surface area contributed by atoms with Gasteiger partial charge in [0.25, 0.3) is 0 Å². The first-order chi connectivity index (χ1) is 10.2. The van der Waals surface area contributed by atoms with Crippen LogP contribution in [0.2, 0.25) is 0 Å². The van der Waals surface area contributed by atoms with E-state index in [0.717, 1.165) is 23.7 Å². The van der Waals surface area contributed by atoms with E-state index in [1.165, 1.54) is 36.6 Å². The molecule has 1 saturated carbocycles. The van der Waals surface area contributed by atoms with Gasteiger partial charge in [0, 0.05) is 17.0 Å².